The summed E-state index contributed by atoms with van der Waals surface area (Å²) >= 11 is 0. The molecule has 1 fully saturated rings. The van der Waals surface area contributed by atoms with Gasteiger partial charge >= 0.3 is 0 Å². The van der Waals surface area contributed by atoms with E-state index in [9.17, 15) is 0 Å². The van der Waals surface area contributed by atoms with E-state index < -0.39 is 0 Å². The van der Waals surface area contributed by atoms with Gasteiger partial charge in [-0.25, -0.2) is 0 Å². The Morgan fingerprint density at radius 3 is 3.00 bits per heavy atom. The van der Waals surface area contributed by atoms with Gasteiger partial charge in [0.2, 0.25) is 0 Å². The fraction of sp³-hybridized carbons (Fsp3) is 0.571. The molecule has 3 nitrogen and oxygen atoms in total. The molecule has 17 heavy (non-hydrogen) atoms. The van der Waals surface area contributed by atoms with Crippen molar-refractivity contribution >= 4 is 0 Å². The summed E-state index contributed by atoms with van der Waals surface area (Å²) in [5, 5.41) is 6.95. The highest BCUT2D eigenvalue weighted by atomic mass is 16.5. The van der Waals surface area contributed by atoms with Crippen molar-refractivity contribution in [3.63, 3.8) is 0 Å². The average Bonchev–Trinajstić information content (AvgIpc) is 2.82. The molecule has 1 unspecified atom stereocenters. The second-order valence-corrected chi connectivity index (χ2v) is 4.70. The smallest absolute Gasteiger partial charge is 0.121 e. The largest absolute Gasteiger partial charge is 0.496 e. The molecular formula is C14H22N2O. The molecule has 94 valence electrons. The maximum absolute atomic E-state index is 5.26. The van der Waals surface area contributed by atoms with E-state index in [1.54, 1.807) is 7.11 Å². The zero-order valence-corrected chi connectivity index (χ0v) is 10.8. The van der Waals surface area contributed by atoms with E-state index in [0.29, 0.717) is 6.04 Å². The van der Waals surface area contributed by atoms with Crippen LogP contribution in [0.15, 0.2) is 18.2 Å². The molecule has 1 aromatic carbocycles. The Bertz CT molecular complexity index is 359. The number of hydrogen-bond donors (Lipinski definition) is 2. The van der Waals surface area contributed by atoms with Crippen LogP contribution in [0.1, 0.15) is 17.5 Å². The summed E-state index contributed by atoms with van der Waals surface area (Å²) in [4.78, 5) is 0. The van der Waals surface area contributed by atoms with Crippen molar-refractivity contribution in [2.45, 2.75) is 25.8 Å². The number of benzene rings is 1. The summed E-state index contributed by atoms with van der Waals surface area (Å²) in [5.41, 5.74) is 2.59. The van der Waals surface area contributed by atoms with Crippen LogP contribution in [0.2, 0.25) is 0 Å². The van der Waals surface area contributed by atoms with Crippen molar-refractivity contribution in [3.8, 4) is 5.75 Å². The lowest BCUT2D eigenvalue weighted by Crippen LogP contribution is -2.32. The van der Waals surface area contributed by atoms with Crippen LogP contribution in [0, 0.1) is 6.92 Å². The van der Waals surface area contributed by atoms with E-state index in [1.165, 1.54) is 17.5 Å². The fourth-order valence-electron chi connectivity index (χ4n) is 2.35. The van der Waals surface area contributed by atoms with Crippen LogP contribution in [-0.4, -0.2) is 32.8 Å². The Hall–Kier alpha value is -1.06. The molecule has 0 spiro atoms. The monoisotopic (exact) mass is 234 g/mol. The molecule has 2 N–H and O–H groups in total. The number of methoxy groups -OCH3 is 1. The van der Waals surface area contributed by atoms with Crippen molar-refractivity contribution in [2.75, 3.05) is 26.7 Å². The first-order valence-corrected chi connectivity index (χ1v) is 6.37. The summed E-state index contributed by atoms with van der Waals surface area (Å²) < 4.78 is 5.26. The summed E-state index contributed by atoms with van der Waals surface area (Å²) in [6.07, 6.45) is 2.34. The average molecular weight is 234 g/mol. The second-order valence-electron chi connectivity index (χ2n) is 4.70. The summed E-state index contributed by atoms with van der Waals surface area (Å²) in [5.74, 6) is 0.974. The standard InChI is InChI=1S/C14H22N2O/c1-11-9-12(3-4-14(11)17-2)5-8-16-13-6-7-15-10-13/h3-4,9,13,15-16H,5-8,10H2,1-2H3. The third-order valence-electron chi connectivity index (χ3n) is 3.37. The van der Waals surface area contributed by atoms with E-state index in [0.717, 1.165) is 31.8 Å². The SMILES string of the molecule is COc1ccc(CCNC2CCNC2)cc1C. The molecule has 1 aliphatic heterocycles. The second kappa shape index (κ2) is 6.03. The van der Waals surface area contributed by atoms with Crippen LogP contribution in [0.5, 0.6) is 5.75 Å². The highest BCUT2D eigenvalue weighted by Crippen LogP contribution is 2.18. The number of nitrogens with one attached hydrogen (secondary N) is 2. The van der Waals surface area contributed by atoms with Gasteiger partial charge in [-0.3, -0.25) is 0 Å². The molecular weight excluding hydrogens is 212 g/mol. The van der Waals surface area contributed by atoms with Gasteiger partial charge in [0.25, 0.3) is 0 Å². The number of aryl methyl sites for hydroxylation is 1. The minimum absolute atomic E-state index is 0.661. The van der Waals surface area contributed by atoms with E-state index in [-0.39, 0.29) is 0 Å². The Morgan fingerprint density at radius 2 is 2.35 bits per heavy atom. The van der Waals surface area contributed by atoms with Gasteiger partial charge in [0.15, 0.2) is 0 Å². The minimum atomic E-state index is 0.661. The minimum Gasteiger partial charge on any atom is -0.496 e. The zero-order chi connectivity index (χ0) is 12.1. The maximum atomic E-state index is 5.26. The highest BCUT2D eigenvalue weighted by Gasteiger charge is 2.12. The van der Waals surface area contributed by atoms with E-state index in [1.807, 2.05) is 0 Å². The highest BCUT2D eigenvalue weighted by molar-refractivity contribution is 5.36. The zero-order valence-electron chi connectivity index (χ0n) is 10.8. The van der Waals surface area contributed by atoms with Gasteiger partial charge in [0, 0.05) is 12.6 Å². The molecule has 1 saturated heterocycles. The van der Waals surface area contributed by atoms with Gasteiger partial charge < -0.3 is 15.4 Å². The topological polar surface area (TPSA) is 33.3 Å². The van der Waals surface area contributed by atoms with Crippen LogP contribution in [0.3, 0.4) is 0 Å². The normalized spacial score (nSPS) is 19.5. The molecule has 3 heteroatoms. The number of rotatable bonds is 5. The predicted octanol–water partition coefficient (Wildman–Crippen LogP) is 1.50. The lowest BCUT2D eigenvalue weighted by atomic mass is 10.1. The van der Waals surface area contributed by atoms with Gasteiger partial charge in [0.05, 0.1) is 7.11 Å². The molecule has 1 aliphatic rings. The molecule has 0 radical (unpaired) electrons. The van der Waals surface area contributed by atoms with Gasteiger partial charge in [-0.1, -0.05) is 12.1 Å². The molecule has 1 heterocycles. The molecule has 0 aliphatic carbocycles. The molecule has 2 rings (SSSR count). The fourth-order valence-corrected chi connectivity index (χ4v) is 2.35. The number of ether oxygens (including phenoxy) is 1. The molecule has 1 atom stereocenters. The first kappa shape index (κ1) is 12.4. The van der Waals surface area contributed by atoms with Crippen LogP contribution in [-0.2, 0) is 6.42 Å². The molecule has 0 saturated carbocycles. The summed E-state index contributed by atoms with van der Waals surface area (Å²) in [6.45, 7) is 5.41. The van der Waals surface area contributed by atoms with Crippen molar-refractivity contribution in [1.82, 2.24) is 10.6 Å². The molecule has 0 amide bonds. The van der Waals surface area contributed by atoms with E-state index >= 15 is 0 Å². The lowest BCUT2D eigenvalue weighted by Gasteiger charge is -2.12. The van der Waals surface area contributed by atoms with Crippen molar-refractivity contribution in [3.05, 3.63) is 29.3 Å². The molecule has 0 aromatic heterocycles. The number of hydrogen-bond acceptors (Lipinski definition) is 3. The Balaban J connectivity index is 1.80. The van der Waals surface area contributed by atoms with Gasteiger partial charge in [-0.2, -0.15) is 0 Å². The predicted molar refractivity (Wildman–Crippen MR) is 70.7 cm³/mol. The van der Waals surface area contributed by atoms with Crippen molar-refractivity contribution < 1.29 is 4.74 Å². The van der Waals surface area contributed by atoms with Crippen LogP contribution in [0.25, 0.3) is 0 Å². The van der Waals surface area contributed by atoms with Crippen LogP contribution >= 0.6 is 0 Å². The van der Waals surface area contributed by atoms with Crippen molar-refractivity contribution in [1.29, 1.82) is 0 Å². The van der Waals surface area contributed by atoms with Crippen molar-refractivity contribution in [2.24, 2.45) is 0 Å². The van der Waals surface area contributed by atoms with Gasteiger partial charge in [-0.15, -0.1) is 0 Å². The maximum Gasteiger partial charge on any atom is 0.121 e. The van der Waals surface area contributed by atoms with E-state index in [2.05, 4.69) is 35.8 Å². The lowest BCUT2D eigenvalue weighted by molar-refractivity contribution is 0.411. The summed E-state index contributed by atoms with van der Waals surface area (Å²) in [6, 6.07) is 7.09. The third-order valence-corrected chi connectivity index (χ3v) is 3.37. The Morgan fingerprint density at radius 1 is 1.47 bits per heavy atom. The Labute approximate surface area is 104 Å². The van der Waals surface area contributed by atoms with Gasteiger partial charge in [0.1, 0.15) is 5.75 Å². The summed E-state index contributed by atoms with van der Waals surface area (Å²) in [7, 11) is 1.72. The first-order valence-electron chi connectivity index (χ1n) is 6.37. The van der Waals surface area contributed by atoms with Crippen LogP contribution in [0.4, 0.5) is 0 Å². The first-order chi connectivity index (χ1) is 8.29. The molecule has 0 bridgehead atoms. The van der Waals surface area contributed by atoms with Crippen LogP contribution < -0.4 is 15.4 Å². The third kappa shape index (κ3) is 3.45. The quantitative estimate of drug-likeness (QED) is 0.810. The van der Waals surface area contributed by atoms with E-state index in [4.69, 9.17) is 4.74 Å². The Kier molecular flexibility index (Phi) is 4.40. The van der Waals surface area contributed by atoms with Gasteiger partial charge in [-0.05, 0) is 50.0 Å². The molecule has 1 aromatic rings.